The molecule has 1 aromatic carbocycles. The third-order valence-corrected chi connectivity index (χ3v) is 4.13. The summed E-state index contributed by atoms with van der Waals surface area (Å²) in [6, 6.07) is 4.90. The largest absolute Gasteiger partial charge is 0.493 e. The number of halogens is 1. The summed E-state index contributed by atoms with van der Waals surface area (Å²) in [6.45, 7) is 5.34. The summed E-state index contributed by atoms with van der Waals surface area (Å²) in [6.07, 6.45) is 2.10. The number of hydrogen-bond acceptors (Lipinski definition) is 2. The fourth-order valence-corrected chi connectivity index (χ4v) is 2.86. The second kappa shape index (κ2) is 5.40. The van der Waals surface area contributed by atoms with Crippen molar-refractivity contribution in [1.82, 2.24) is 5.32 Å². The fraction of sp³-hybridized carbons (Fsp3) is 0.571. The highest BCUT2D eigenvalue weighted by Crippen LogP contribution is 2.34. The third-order valence-electron chi connectivity index (χ3n) is 3.68. The maximum atomic E-state index is 5.76. The number of hydrogen-bond donors (Lipinski definition) is 1. The van der Waals surface area contributed by atoms with Crippen molar-refractivity contribution in [2.24, 2.45) is 5.92 Å². The lowest BCUT2D eigenvalue weighted by Crippen LogP contribution is -2.29. The molecule has 2 nitrogen and oxygen atoms in total. The van der Waals surface area contributed by atoms with E-state index < -0.39 is 0 Å². The molecule has 1 N–H and O–H groups in total. The molecule has 0 amide bonds. The highest BCUT2D eigenvalue weighted by molar-refractivity contribution is 9.10. The Hall–Kier alpha value is -0.540. The van der Waals surface area contributed by atoms with E-state index >= 15 is 0 Å². The van der Waals surface area contributed by atoms with E-state index in [-0.39, 0.29) is 0 Å². The van der Waals surface area contributed by atoms with Crippen molar-refractivity contribution in [1.29, 1.82) is 0 Å². The van der Waals surface area contributed by atoms with Crippen molar-refractivity contribution in [3.05, 3.63) is 27.7 Å². The second-order valence-electron chi connectivity index (χ2n) is 4.91. The highest BCUT2D eigenvalue weighted by Gasteiger charge is 2.20. The van der Waals surface area contributed by atoms with Crippen molar-refractivity contribution < 1.29 is 4.74 Å². The standard InChI is InChI=1S/C14H20BrNO/c1-9(10(2)16-3)6-12-8-13(15)7-11-4-5-17-14(11)12/h7-10,16H,4-6H2,1-3H3. The van der Waals surface area contributed by atoms with Crippen molar-refractivity contribution in [3.63, 3.8) is 0 Å². The second-order valence-corrected chi connectivity index (χ2v) is 5.83. The molecule has 0 fully saturated rings. The van der Waals surface area contributed by atoms with E-state index in [9.17, 15) is 0 Å². The Balaban J connectivity index is 2.21. The molecule has 94 valence electrons. The van der Waals surface area contributed by atoms with Crippen LogP contribution in [0.1, 0.15) is 25.0 Å². The molecule has 0 spiro atoms. The lowest BCUT2D eigenvalue weighted by Gasteiger charge is -2.20. The number of fused-ring (bicyclic) bond motifs is 1. The molecule has 1 heterocycles. The van der Waals surface area contributed by atoms with Crippen LogP contribution < -0.4 is 10.1 Å². The number of nitrogens with one attached hydrogen (secondary N) is 1. The van der Waals surface area contributed by atoms with Gasteiger partial charge in [-0.1, -0.05) is 22.9 Å². The van der Waals surface area contributed by atoms with E-state index in [0.29, 0.717) is 12.0 Å². The summed E-state index contributed by atoms with van der Waals surface area (Å²) in [5.74, 6) is 1.73. The molecule has 0 radical (unpaired) electrons. The first-order valence-electron chi connectivity index (χ1n) is 6.23. The smallest absolute Gasteiger partial charge is 0.125 e. The van der Waals surface area contributed by atoms with Gasteiger partial charge in [-0.25, -0.2) is 0 Å². The van der Waals surface area contributed by atoms with Gasteiger partial charge in [-0.2, -0.15) is 0 Å². The maximum absolute atomic E-state index is 5.76. The summed E-state index contributed by atoms with van der Waals surface area (Å²) in [5.41, 5.74) is 2.68. The lowest BCUT2D eigenvalue weighted by molar-refractivity contribution is 0.348. The monoisotopic (exact) mass is 297 g/mol. The Morgan fingerprint density at radius 3 is 2.88 bits per heavy atom. The molecule has 0 aromatic heterocycles. The topological polar surface area (TPSA) is 21.3 Å². The maximum Gasteiger partial charge on any atom is 0.125 e. The molecule has 2 rings (SSSR count). The summed E-state index contributed by atoms with van der Waals surface area (Å²) in [7, 11) is 2.02. The molecule has 0 saturated carbocycles. The van der Waals surface area contributed by atoms with Crippen LogP contribution >= 0.6 is 15.9 Å². The van der Waals surface area contributed by atoms with E-state index in [4.69, 9.17) is 4.74 Å². The van der Waals surface area contributed by atoms with Gasteiger partial charge in [0.25, 0.3) is 0 Å². The zero-order valence-electron chi connectivity index (χ0n) is 10.7. The first-order valence-corrected chi connectivity index (χ1v) is 7.02. The summed E-state index contributed by atoms with van der Waals surface area (Å²) in [5, 5.41) is 3.31. The van der Waals surface area contributed by atoms with Crippen molar-refractivity contribution >= 4 is 15.9 Å². The number of benzene rings is 1. The molecule has 2 atom stereocenters. The fourth-order valence-electron chi connectivity index (χ4n) is 2.31. The molecule has 0 aliphatic carbocycles. The van der Waals surface area contributed by atoms with Gasteiger partial charge in [0.05, 0.1) is 6.61 Å². The first kappa shape index (κ1) is 12.9. The summed E-state index contributed by atoms with van der Waals surface area (Å²) >= 11 is 3.59. The zero-order valence-corrected chi connectivity index (χ0v) is 12.3. The van der Waals surface area contributed by atoms with Gasteiger partial charge < -0.3 is 10.1 Å². The average molecular weight is 298 g/mol. The Labute approximate surface area is 112 Å². The highest BCUT2D eigenvalue weighted by atomic mass is 79.9. The van der Waals surface area contributed by atoms with Gasteiger partial charge in [0.15, 0.2) is 0 Å². The Morgan fingerprint density at radius 1 is 1.41 bits per heavy atom. The van der Waals surface area contributed by atoms with Gasteiger partial charge in [-0.3, -0.25) is 0 Å². The third kappa shape index (κ3) is 2.83. The summed E-state index contributed by atoms with van der Waals surface area (Å²) in [4.78, 5) is 0. The first-order chi connectivity index (χ1) is 8.11. The molecule has 1 aliphatic heterocycles. The molecule has 1 aliphatic rings. The molecule has 0 bridgehead atoms. The van der Waals surface area contributed by atoms with Crippen molar-refractivity contribution in [2.45, 2.75) is 32.7 Å². The predicted octanol–water partition coefficient (Wildman–Crippen LogP) is 3.17. The quantitative estimate of drug-likeness (QED) is 0.922. The number of rotatable bonds is 4. The van der Waals surface area contributed by atoms with E-state index in [2.05, 4.69) is 47.2 Å². The van der Waals surface area contributed by atoms with Crippen LogP contribution in [-0.4, -0.2) is 19.7 Å². The zero-order chi connectivity index (χ0) is 12.4. The Morgan fingerprint density at radius 2 is 2.18 bits per heavy atom. The molecule has 3 heteroatoms. The van der Waals surface area contributed by atoms with Crippen molar-refractivity contribution in [2.75, 3.05) is 13.7 Å². The Kier molecular flexibility index (Phi) is 4.10. The van der Waals surface area contributed by atoms with E-state index in [0.717, 1.165) is 25.2 Å². The summed E-state index contributed by atoms with van der Waals surface area (Å²) < 4.78 is 6.93. The van der Waals surface area contributed by atoms with Crippen LogP contribution in [0, 0.1) is 5.92 Å². The molecule has 17 heavy (non-hydrogen) atoms. The Bertz CT molecular complexity index is 405. The van der Waals surface area contributed by atoms with Crippen LogP contribution in [0.3, 0.4) is 0 Å². The molecular formula is C14H20BrNO. The van der Waals surface area contributed by atoms with E-state index in [1.165, 1.54) is 15.6 Å². The molecule has 2 unspecified atom stereocenters. The molecule has 0 saturated heterocycles. The van der Waals surface area contributed by atoms with E-state index in [1.807, 2.05) is 7.05 Å². The predicted molar refractivity (Wildman–Crippen MR) is 74.7 cm³/mol. The van der Waals surface area contributed by atoms with Crippen LogP contribution in [0.25, 0.3) is 0 Å². The normalized spacial score (nSPS) is 17.4. The van der Waals surface area contributed by atoms with Gasteiger partial charge in [-0.15, -0.1) is 0 Å². The number of ether oxygens (including phenoxy) is 1. The van der Waals surface area contributed by atoms with Crippen LogP contribution in [0.15, 0.2) is 16.6 Å². The van der Waals surface area contributed by atoms with Crippen LogP contribution in [0.5, 0.6) is 5.75 Å². The van der Waals surface area contributed by atoms with E-state index in [1.54, 1.807) is 0 Å². The molecule has 1 aromatic rings. The van der Waals surface area contributed by atoms with Gasteiger partial charge in [-0.05, 0) is 49.6 Å². The molecular weight excluding hydrogens is 278 g/mol. The van der Waals surface area contributed by atoms with Crippen LogP contribution in [-0.2, 0) is 12.8 Å². The van der Waals surface area contributed by atoms with Gasteiger partial charge >= 0.3 is 0 Å². The minimum absolute atomic E-state index is 0.519. The SMILES string of the molecule is CNC(C)C(C)Cc1cc(Br)cc2c1OCC2. The van der Waals surface area contributed by atoms with Gasteiger partial charge in [0.2, 0.25) is 0 Å². The van der Waals surface area contributed by atoms with Crippen LogP contribution in [0.2, 0.25) is 0 Å². The lowest BCUT2D eigenvalue weighted by atomic mass is 9.93. The van der Waals surface area contributed by atoms with Crippen LogP contribution in [0.4, 0.5) is 0 Å². The minimum Gasteiger partial charge on any atom is -0.493 e. The average Bonchev–Trinajstić information content (AvgIpc) is 2.75. The van der Waals surface area contributed by atoms with Gasteiger partial charge in [0, 0.05) is 16.9 Å². The van der Waals surface area contributed by atoms with Gasteiger partial charge in [0.1, 0.15) is 5.75 Å². The van der Waals surface area contributed by atoms with Crippen molar-refractivity contribution in [3.8, 4) is 5.75 Å². The minimum atomic E-state index is 0.519.